The Kier molecular flexibility index (Phi) is 5.93. The molecule has 0 N–H and O–H groups in total. The van der Waals surface area contributed by atoms with Crippen molar-refractivity contribution in [2.24, 2.45) is 0 Å². The Morgan fingerprint density at radius 3 is 2.50 bits per heavy atom. The number of rotatable bonds is 4. The van der Waals surface area contributed by atoms with E-state index in [4.69, 9.17) is 11.6 Å². The molecular weight excluding hydrogens is 468 g/mol. The first-order valence-corrected chi connectivity index (χ1v) is 11.4. The number of nitrogens with zero attached hydrogens (tertiary/aromatic N) is 4. The lowest BCUT2D eigenvalue weighted by molar-refractivity contribution is -0.146. The highest BCUT2D eigenvalue weighted by atomic mass is 35.5. The van der Waals surface area contributed by atoms with Crippen molar-refractivity contribution in [1.29, 1.82) is 0 Å². The number of hydrogen-bond acceptors (Lipinski definition) is 3. The summed E-state index contributed by atoms with van der Waals surface area (Å²) < 4.78 is 56.2. The molecule has 9 heteroatoms. The Morgan fingerprint density at radius 1 is 0.971 bits per heavy atom. The molecule has 0 aliphatic carbocycles. The fourth-order valence-electron chi connectivity index (χ4n) is 4.43. The van der Waals surface area contributed by atoms with E-state index in [2.05, 4.69) is 14.9 Å². The number of anilines is 1. The predicted molar refractivity (Wildman–Crippen MR) is 125 cm³/mol. The summed E-state index contributed by atoms with van der Waals surface area (Å²) >= 11 is 6.46. The van der Waals surface area contributed by atoms with Crippen LogP contribution in [0.4, 0.5) is 23.4 Å². The first-order chi connectivity index (χ1) is 16.3. The molecule has 3 heterocycles. The van der Waals surface area contributed by atoms with Crippen LogP contribution in [-0.4, -0.2) is 27.6 Å². The van der Waals surface area contributed by atoms with Crippen LogP contribution in [0.5, 0.6) is 0 Å². The smallest absolute Gasteiger partial charge is 0.357 e. The fourth-order valence-corrected chi connectivity index (χ4v) is 4.64. The number of halogens is 5. The van der Waals surface area contributed by atoms with Crippen LogP contribution in [0.1, 0.15) is 30.7 Å². The Morgan fingerprint density at radius 2 is 1.76 bits per heavy atom. The first-order valence-electron chi connectivity index (χ1n) is 11.0. The van der Waals surface area contributed by atoms with Crippen LogP contribution in [0.25, 0.3) is 22.2 Å². The molecule has 34 heavy (non-hydrogen) atoms. The normalized spacial score (nSPS) is 14.7. The summed E-state index contributed by atoms with van der Waals surface area (Å²) in [5, 5.41) is 0.410. The molecule has 0 bridgehead atoms. The van der Waals surface area contributed by atoms with E-state index in [9.17, 15) is 17.6 Å². The van der Waals surface area contributed by atoms with E-state index in [-0.39, 0.29) is 12.1 Å². The second kappa shape index (κ2) is 8.91. The molecule has 5 rings (SSSR count). The molecule has 2 aromatic heterocycles. The molecule has 4 nitrogen and oxygen atoms in total. The van der Waals surface area contributed by atoms with Crippen molar-refractivity contribution in [1.82, 2.24) is 14.5 Å². The third-order valence-corrected chi connectivity index (χ3v) is 6.36. The van der Waals surface area contributed by atoms with Crippen LogP contribution in [0, 0.1) is 5.82 Å². The van der Waals surface area contributed by atoms with Crippen LogP contribution in [-0.2, 0) is 12.7 Å². The van der Waals surface area contributed by atoms with Gasteiger partial charge in [-0.2, -0.15) is 13.2 Å². The summed E-state index contributed by atoms with van der Waals surface area (Å²) in [6, 6.07) is 12.3. The number of hydrogen-bond donors (Lipinski definition) is 0. The quantitative estimate of drug-likeness (QED) is 0.291. The highest BCUT2D eigenvalue weighted by Gasteiger charge is 2.37. The van der Waals surface area contributed by atoms with Crippen LogP contribution in [0.2, 0.25) is 5.02 Å². The molecular formula is C25H21ClF4N4. The van der Waals surface area contributed by atoms with E-state index in [1.165, 1.54) is 24.6 Å². The van der Waals surface area contributed by atoms with E-state index in [1.807, 2.05) is 6.07 Å². The van der Waals surface area contributed by atoms with E-state index in [1.54, 1.807) is 30.5 Å². The number of imidazole rings is 1. The van der Waals surface area contributed by atoms with Gasteiger partial charge in [0.25, 0.3) is 0 Å². The highest BCUT2D eigenvalue weighted by Crippen LogP contribution is 2.36. The summed E-state index contributed by atoms with van der Waals surface area (Å²) in [7, 11) is 0. The lowest BCUT2D eigenvalue weighted by atomic mass is 10.1. The van der Waals surface area contributed by atoms with Gasteiger partial charge in [-0.05, 0) is 60.7 Å². The minimum atomic E-state index is -4.66. The van der Waals surface area contributed by atoms with Crippen LogP contribution < -0.4 is 4.90 Å². The molecule has 1 saturated heterocycles. The van der Waals surface area contributed by atoms with Crippen molar-refractivity contribution in [2.45, 2.75) is 32.0 Å². The third-order valence-electron chi connectivity index (χ3n) is 6.06. The molecule has 0 saturated carbocycles. The molecule has 0 spiro atoms. The van der Waals surface area contributed by atoms with Gasteiger partial charge in [0.15, 0.2) is 0 Å². The predicted octanol–water partition coefficient (Wildman–Crippen LogP) is 6.95. The minimum absolute atomic E-state index is 0.171. The zero-order valence-electron chi connectivity index (χ0n) is 18.1. The third kappa shape index (κ3) is 4.46. The van der Waals surface area contributed by atoms with Crippen molar-refractivity contribution >= 4 is 28.5 Å². The number of pyridine rings is 1. The lowest BCUT2D eigenvalue weighted by Crippen LogP contribution is -2.30. The Balaban J connectivity index is 1.62. The molecule has 1 aliphatic rings. The monoisotopic (exact) mass is 488 g/mol. The van der Waals surface area contributed by atoms with Gasteiger partial charge in [-0.3, -0.25) is 0 Å². The summed E-state index contributed by atoms with van der Waals surface area (Å²) in [4.78, 5) is 10.5. The minimum Gasteiger partial charge on any atom is -0.357 e. The van der Waals surface area contributed by atoms with Gasteiger partial charge in [0, 0.05) is 31.4 Å². The highest BCUT2D eigenvalue weighted by molar-refractivity contribution is 6.33. The Labute approximate surface area is 198 Å². The zero-order valence-corrected chi connectivity index (χ0v) is 18.9. The van der Waals surface area contributed by atoms with Crippen molar-refractivity contribution < 1.29 is 17.6 Å². The molecule has 1 aliphatic heterocycles. The first kappa shape index (κ1) is 22.7. The second-order valence-corrected chi connectivity index (χ2v) is 8.83. The number of alkyl halides is 3. The number of fused-ring (bicyclic) bond motifs is 1. The second-order valence-electron chi connectivity index (χ2n) is 8.42. The summed E-state index contributed by atoms with van der Waals surface area (Å²) in [6.07, 6.45) is 0.277. The topological polar surface area (TPSA) is 34.0 Å². The largest absolute Gasteiger partial charge is 0.449 e. The van der Waals surface area contributed by atoms with Gasteiger partial charge in [0.05, 0.1) is 16.1 Å². The summed E-state index contributed by atoms with van der Waals surface area (Å²) in [5.74, 6) is -0.743. The van der Waals surface area contributed by atoms with Crippen LogP contribution in [0.3, 0.4) is 0 Å². The van der Waals surface area contributed by atoms with Gasteiger partial charge in [-0.25, -0.2) is 14.4 Å². The fraction of sp³-hybridized carbons (Fsp3) is 0.280. The number of piperidine rings is 1. The molecule has 4 aromatic rings. The molecule has 176 valence electrons. The Hall–Kier alpha value is -3.13. The zero-order chi connectivity index (χ0) is 23.9. The van der Waals surface area contributed by atoms with Gasteiger partial charge >= 0.3 is 6.18 Å². The van der Waals surface area contributed by atoms with Gasteiger partial charge in [0.2, 0.25) is 5.82 Å². The summed E-state index contributed by atoms with van der Waals surface area (Å²) in [5.41, 5.74) is 2.25. The number of benzene rings is 2. The maximum atomic E-state index is 13.8. The standard InChI is InChI=1S/C25H21ClF4N4/c26-20-14-31-23(33-9-2-1-3-10-33)13-19(20)17-7-8-21-22(12-17)34(24(32-21)25(28,29)30)15-16-5-4-6-18(27)11-16/h4-8,11-14H,1-3,9-10,15H2. The molecule has 2 aromatic carbocycles. The van der Waals surface area contributed by atoms with Crippen molar-refractivity contribution in [2.75, 3.05) is 18.0 Å². The van der Waals surface area contributed by atoms with Gasteiger partial charge in [0.1, 0.15) is 11.6 Å². The van der Waals surface area contributed by atoms with Crippen molar-refractivity contribution in [3.05, 3.63) is 77.0 Å². The summed E-state index contributed by atoms with van der Waals surface area (Å²) in [6.45, 7) is 1.64. The van der Waals surface area contributed by atoms with Crippen molar-refractivity contribution in [3.8, 4) is 11.1 Å². The Bertz CT molecular complexity index is 1340. The average molecular weight is 489 g/mol. The van der Waals surface area contributed by atoms with Crippen LogP contribution in [0.15, 0.2) is 54.7 Å². The van der Waals surface area contributed by atoms with E-state index in [0.717, 1.165) is 36.3 Å². The van der Waals surface area contributed by atoms with Gasteiger partial charge < -0.3 is 9.47 Å². The van der Waals surface area contributed by atoms with Crippen LogP contribution >= 0.6 is 11.6 Å². The maximum Gasteiger partial charge on any atom is 0.449 e. The van der Waals surface area contributed by atoms with E-state index >= 15 is 0 Å². The molecule has 0 radical (unpaired) electrons. The molecule has 0 amide bonds. The lowest BCUT2D eigenvalue weighted by Gasteiger charge is -2.28. The van der Waals surface area contributed by atoms with E-state index in [0.29, 0.717) is 27.2 Å². The number of aromatic nitrogens is 3. The average Bonchev–Trinajstić information content (AvgIpc) is 3.18. The van der Waals surface area contributed by atoms with Gasteiger partial charge in [-0.15, -0.1) is 0 Å². The van der Waals surface area contributed by atoms with Gasteiger partial charge in [-0.1, -0.05) is 29.8 Å². The van der Waals surface area contributed by atoms with Crippen molar-refractivity contribution in [3.63, 3.8) is 0 Å². The maximum absolute atomic E-state index is 13.8. The molecule has 1 fully saturated rings. The molecule has 0 unspecified atom stereocenters. The molecule has 0 atom stereocenters. The SMILES string of the molecule is Fc1cccc(Cn2c(C(F)(F)F)nc3ccc(-c4cc(N5CCCCC5)ncc4Cl)cc32)c1. The van der Waals surface area contributed by atoms with E-state index < -0.39 is 17.8 Å².